The zero-order chi connectivity index (χ0) is 13.1. The van der Waals surface area contributed by atoms with E-state index in [4.69, 9.17) is 4.74 Å². The van der Waals surface area contributed by atoms with Gasteiger partial charge in [0.2, 0.25) is 0 Å². The van der Waals surface area contributed by atoms with E-state index in [2.05, 4.69) is 20.8 Å². The summed E-state index contributed by atoms with van der Waals surface area (Å²) in [5.41, 5.74) is 0.558. The third kappa shape index (κ3) is 3.73. The van der Waals surface area contributed by atoms with E-state index in [1.54, 1.807) is 0 Å². The molecule has 0 N–H and O–H groups in total. The van der Waals surface area contributed by atoms with E-state index >= 15 is 0 Å². The topological polar surface area (TPSA) is 9.23 Å². The minimum absolute atomic E-state index is 0.111. The SMILES string of the molecule is CC1(C)CC2(C)CCCCCCCCCCC2O1. The van der Waals surface area contributed by atoms with Gasteiger partial charge in [-0.2, -0.15) is 0 Å². The summed E-state index contributed by atoms with van der Waals surface area (Å²) in [6.07, 6.45) is 15.9. The number of hydrogen-bond donors (Lipinski definition) is 0. The Bertz CT molecular complexity index is 258. The highest BCUT2D eigenvalue weighted by Gasteiger charge is 2.47. The zero-order valence-corrected chi connectivity index (χ0v) is 12.8. The van der Waals surface area contributed by atoms with Crippen LogP contribution in [0.5, 0.6) is 0 Å². The second-order valence-electron chi connectivity index (χ2n) is 7.56. The molecule has 1 saturated carbocycles. The minimum Gasteiger partial charge on any atom is -0.372 e. The smallest absolute Gasteiger partial charge is 0.0637 e. The van der Waals surface area contributed by atoms with Gasteiger partial charge in [-0.3, -0.25) is 0 Å². The summed E-state index contributed by atoms with van der Waals surface area (Å²) < 4.78 is 6.36. The molecule has 0 amide bonds. The fraction of sp³-hybridized carbons (Fsp3) is 1.00. The molecule has 18 heavy (non-hydrogen) atoms. The van der Waals surface area contributed by atoms with Crippen molar-refractivity contribution in [2.24, 2.45) is 5.41 Å². The molecule has 1 aliphatic heterocycles. The van der Waals surface area contributed by atoms with E-state index in [1.807, 2.05) is 0 Å². The Morgan fingerprint density at radius 3 is 2.00 bits per heavy atom. The standard InChI is InChI=1S/C17H32O/c1-16(2)14-17(3)13-11-9-7-5-4-6-8-10-12-15(17)18-16/h15H,4-14H2,1-3H3. The first kappa shape index (κ1) is 14.4. The van der Waals surface area contributed by atoms with Crippen LogP contribution >= 0.6 is 0 Å². The lowest BCUT2D eigenvalue weighted by atomic mass is 9.74. The van der Waals surface area contributed by atoms with Gasteiger partial charge >= 0.3 is 0 Å². The molecular weight excluding hydrogens is 220 g/mol. The van der Waals surface area contributed by atoms with Gasteiger partial charge in [0.25, 0.3) is 0 Å². The van der Waals surface area contributed by atoms with Crippen molar-refractivity contribution in [2.75, 3.05) is 0 Å². The van der Waals surface area contributed by atoms with Crippen molar-refractivity contribution in [2.45, 2.75) is 103 Å². The van der Waals surface area contributed by atoms with Crippen molar-refractivity contribution in [3.63, 3.8) is 0 Å². The van der Waals surface area contributed by atoms with E-state index in [0.717, 1.165) is 0 Å². The summed E-state index contributed by atoms with van der Waals surface area (Å²) in [5.74, 6) is 0. The largest absolute Gasteiger partial charge is 0.372 e. The second-order valence-corrected chi connectivity index (χ2v) is 7.56. The highest BCUT2D eigenvalue weighted by Crippen LogP contribution is 2.49. The summed E-state index contributed by atoms with van der Waals surface area (Å²) in [6.45, 7) is 7.05. The van der Waals surface area contributed by atoms with Crippen LogP contribution in [0.4, 0.5) is 0 Å². The van der Waals surface area contributed by atoms with Crippen molar-refractivity contribution in [1.29, 1.82) is 0 Å². The van der Waals surface area contributed by atoms with E-state index in [0.29, 0.717) is 11.5 Å². The van der Waals surface area contributed by atoms with Crippen molar-refractivity contribution < 1.29 is 4.74 Å². The molecule has 0 bridgehead atoms. The van der Waals surface area contributed by atoms with E-state index in [1.165, 1.54) is 70.6 Å². The molecule has 1 heterocycles. The maximum Gasteiger partial charge on any atom is 0.0637 e. The van der Waals surface area contributed by atoms with Gasteiger partial charge in [-0.1, -0.05) is 58.3 Å². The highest BCUT2D eigenvalue weighted by atomic mass is 16.5. The zero-order valence-electron chi connectivity index (χ0n) is 12.8. The van der Waals surface area contributed by atoms with Crippen LogP contribution in [-0.2, 0) is 4.74 Å². The maximum atomic E-state index is 6.36. The molecule has 2 unspecified atom stereocenters. The molecule has 2 atom stereocenters. The predicted molar refractivity (Wildman–Crippen MR) is 77.8 cm³/mol. The molecule has 0 radical (unpaired) electrons. The van der Waals surface area contributed by atoms with Crippen LogP contribution in [-0.4, -0.2) is 11.7 Å². The molecule has 1 heteroatoms. The first-order valence-corrected chi connectivity index (χ1v) is 8.20. The first-order chi connectivity index (χ1) is 8.52. The van der Waals surface area contributed by atoms with Crippen LogP contribution in [0.25, 0.3) is 0 Å². The molecule has 1 saturated heterocycles. The van der Waals surface area contributed by atoms with Gasteiger partial charge in [0, 0.05) is 0 Å². The van der Waals surface area contributed by atoms with E-state index in [-0.39, 0.29) is 5.60 Å². The van der Waals surface area contributed by atoms with Gasteiger partial charge in [0.05, 0.1) is 11.7 Å². The van der Waals surface area contributed by atoms with Gasteiger partial charge in [-0.15, -0.1) is 0 Å². The Labute approximate surface area is 114 Å². The second kappa shape index (κ2) is 5.94. The van der Waals surface area contributed by atoms with Crippen LogP contribution in [0.2, 0.25) is 0 Å². The molecule has 1 nitrogen and oxygen atoms in total. The Balaban J connectivity index is 1.98. The monoisotopic (exact) mass is 252 g/mol. The Hall–Kier alpha value is -0.0400. The fourth-order valence-electron chi connectivity index (χ4n) is 4.23. The molecule has 2 fully saturated rings. The lowest BCUT2D eigenvalue weighted by molar-refractivity contribution is -0.0367. The van der Waals surface area contributed by atoms with Crippen LogP contribution < -0.4 is 0 Å². The van der Waals surface area contributed by atoms with Crippen LogP contribution in [0, 0.1) is 5.41 Å². The van der Waals surface area contributed by atoms with Crippen molar-refractivity contribution >= 4 is 0 Å². The average Bonchev–Trinajstić information content (AvgIpc) is 2.49. The Morgan fingerprint density at radius 2 is 1.33 bits per heavy atom. The van der Waals surface area contributed by atoms with Crippen molar-refractivity contribution in [1.82, 2.24) is 0 Å². The average molecular weight is 252 g/mol. The molecule has 2 rings (SSSR count). The van der Waals surface area contributed by atoms with E-state index in [9.17, 15) is 0 Å². The predicted octanol–water partition coefficient (Wildman–Crippen LogP) is 5.47. The lowest BCUT2D eigenvalue weighted by Gasteiger charge is -2.30. The molecule has 2 aliphatic rings. The Morgan fingerprint density at radius 1 is 0.778 bits per heavy atom. The van der Waals surface area contributed by atoms with Gasteiger partial charge in [0.1, 0.15) is 0 Å². The minimum atomic E-state index is 0.111. The molecule has 0 spiro atoms. The van der Waals surface area contributed by atoms with Crippen molar-refractivity contribution in [3.8, 4) is 0 Å². The molecule has 106 valence electrons. The lowest BCUT2D eigenvalue weighted by Crippen LogP contribution is -2.27. The summed E-state index contributed by atoms with van der Waals surface area (Å²) in [7, 11) is 0. The third-order valence-corrected chi connectivity index (χ3v) is 5.03. The van der Waals surface area contributed by atoms with Gasteiger partial charge in [-0.05, 0) is 38.5 Å². The maximum absolute atomic E-state index is 6.36. The molecule has 0 aromatic carbocycles. The van der Waals surface area contributed by atoms with Gasteiger partial charge in [-0.25, -0.2) is 0 Å². The molecule has 0 aromatic heterocycles. The summed E-state index contributed by atoms with van der Waals surface area (Å²) in [4.78, 5) is 0. The van der Waals surface area contributed by atoms with Crippen LogP contribution in [0.15, 0.2) is 0 Å². The van der Waals surface area contributed by atoms with Gasteiger partial charge < -0.3 is 4.74 Å². The normalized spacial score (nSPS) is 38.5. The fourth-order valence-corrected chi connectivity index (χ4v) is 4.23. The third-order valence-electron chi connectivity index (χ3n) is 5.03. The highest BCUT2D eigenvalue weighted by molar-refractivity contribution is 4.96. The summed E-state index contributed by atoms with van der Waals surface area (Å²) in [5, 5.41) is 0. The number of fused-ring (bicyclic) bond motifs is 1. The van der Waals surface area contributed by atoms with Crippen LogP contribution in [0.1, 0.15) is 91.4 Å². The Kier molecular flexibility index (Phi) is 4.75. The molecular formula is C17H32O. The van der Waals surface area contributed by atoms with Gasteiger partial charge in [0.15, 0.2) is 0 Å². The summed E-state index contributed by atoms with van der Waals surface area (Å²) in [6, 6.07) is 0. The summed E-state index contributed by atoms with van der Waals surface area (Å²) >= 11 is 0. The molecule has 1 aliphatic carbocycles. The van der Waals surface area contributed by atoms with Crippen molar-refractivity contribution in [3.05, 3.63) is 0 Å². The number of hydrogen-bond acceptors (Lipinski definition) is 1. The number of ether oxygens (including phenoxy) is 1. The molecule has 0 aromatic rings. The van der Waals surface area contributed by atoms with E-state index < -0.39 is 0 Å². The number of rotatable bonds is 0. The first-order valence-electron chi connectivity index (χ1n) is 8.20. The van der Waals surface area contributed by atoms with Crippen LogP contribution in [0.3, 0.4) is 0 Å². The quantitative estimate of drug-likeness (QED) is 0.555.